The van der Waals surface area contributed by atoms with Crippen molar-refractivity contribution in [1.82, 2.24) is 4.90 Å². The number of aromatic hydroxyl groups is 1. The van der Waals surface area contributed by atoms with E-state index in [1.54, 1.807) is 0 Å². The van der Waals surface area contributed by atoms with Gasteiger partial charge >= 0.3 is 0 Å². The predicted octanol–water partition coefficient (Wildman–Crippen LogP) is 3.12. The molecule has 0 radical (unpaired) electrons. The van der Waals surface area contributed by atoms with Crippen molar-refractivity contribution in [3.8, 4) is 5.75 Å². The second kappa shape index (κ2) is 5.20. The fraction of sp³-hybridized carbons (Fsp3) is 0.550. The van der Waals surface area contributed by atoms with Crippen LogP contribution >= 0.6 is 0 Å². The lowest BCUT2D eigenvalue weighted by Gasteiger charge is -2.58. The Balaban J connectivity index is 1.90. The summed E-state index contributed by atoms with van der Waals surface area (Å²) in [5.41, 5.74) is 3.14. The maximum Gasteiger partial charge on any atom is 0.133 e. The summed E-state index contributed by atoms with van der Waals surface area (Å²) >= 11 is 0. The third-order valence-electron chi connectivity index (χ3n) is 6.49. The normalized spacial score (nSPS) is 33.0. The van der Waals surface area contributed by atoms with Gasteiger partial charge < -0.3 is 5.11 Å². The number of ketones is 1. The largest absolute Gasteiger partial charge is 0.507 e. The molecule has 0 aromatic heterocycles. The number of hydrogen-bond donors (Lipinski definition) is 1. The van der Waals surface area contributed by atoms with Crippen molar-refractivity contribution in [2.24, 2.45) is 5.92 Å². The number of phenols is 1. The SMILES string of the molecule is C=CCN1CC[C@@]23CC(=O)CCC2C1Cc1ccc(C)c(O)c13. The Morgan fingerprint density at radius 3 is 3.09 bits per heavy atom. The predicted molar refractivity (Wildman–Crippen MR) is 90.7 cm³/mol. The molecule has 1 saturated carbocycles. The average molecular weight is 311 g/mol. The van der Waals surface area contributed by atoms with E-state index in [-0.39, 0.29) is 5.41 Å². The number of benzene rings is 1. The summed E-state index contributed by atoms with van der Waals surface area (Å²) in [5.74, 6) is 1.29. The first-order valence-corrected chi connectivity index (χ1v) is 8.75. The van der Waals surface area contributed by atoms with Crippen LogP contribution in [0.2, 0.25) is 0 Å². The zero-order valence-corrected chi connectivity index (χ0v) is 13.8. The lowest BCUT2D eigenvalue weighted by Crippen LogP contribution is -2.61. The smallest absolute Gasteiger partial charge is 0.133 e. The minimum absolute atomic E-state index is 0.138. The molecule has 4 rings (SSSR count). The van der Waals surface area contributed by atoms with Gasteiger partial charge in [0, 0.05) is 36.4 Å². The van der Waals surface area contributed by atoms with E-state index < -0.39 is 0 Å². The molecule has 3 heteroatoms. The van der Waals surface area contributed by atoms with Crippen molar-refractivity contribution in [3.63, 3.8) is 0 Å². The molecule has 3 aliphatic rings. The molecular weight excluding hydrogens is 286 g/mol. The fourth-order valence-electron chi connectivity index (χ4n) is 5.51. The molecule has 1 aliphatic heterocycles. The van der Waals surface area contributed by atoms with Gasteiger partial charge in [-0.2, -0.15) is 0 Å². The highest BCUT2D eigenvalue weighted by molar-refractivity contribution is 5.82. The summed E-state index contributed by atoms with van der Waals surface area (Å²) in [7, 11) is 0. The van der Waals surface area contributed by atoms with Crippen molar-refractivity contribution >= 4 is 5.78 Å². The van der Waals surface area contributed by atoms with Crippen LogP contribution in [0.5, 0.6) is 5.75 Å². The fourth-order valence-corrected chi connectivity index (χ4v) is 5.51. The Bertz CT molecular complexity index is 680. The molecule has 0 spiro atoms. The Kier molecular flexibility index (Phi) is 3.38. The van der Waals surface area contributed by atoms with Gasteiger partial charge in [0.25, 0.3) is 0 Å². The molecule has 122 valence electrons. The third kappa shape index (κ3) is 2.02. The molecule has 1 N–H and O–H groups in total. The third-order valence-corrected chi connectivity index (χ3v) is 6.49. The number of phenolic OH excluding ortho intramolecular Hbond substituents is 1. The van der Waals surface area contributed by atoms with Crippen molar-refractivity contribution < 1.29 is 9.90 Å². The van der Waals surface area contributed by atoms with Crippen LogP contribution in [0, 0.1) is 12.8 Å². The molecule has 2 aliphatic carbocycles. The molecule has 1 aromatic rings. The van der Waals surface area contributed by atoms with Gasteiger partial charge in [-0.3, -0.25) is 9.69 Å². The molecular formula is C20H25NO2. The summed E-state index contributed by atoms with van der Waals surface area (Å²) in [6, 6.07) is 4.67. The molecule has 23 heavy (non-hydrogen) atoms. The Hall–Kier alpha value is -1.61. The maximum absolute atomic E-state index is 12.3. The Morgan fingerprint density at radius 2 is 2.30 bits per heavy atom. The minimum atomic E-state index is -0.138. The second-order valence-corrected chi connectivity index (χ2v) is 7.59. The van der Waals surface area contributed by atoms with Gasteiger partial charge in [0.05, 0.1) is 0 Å². The van der Waals surface area contributed by atoms with Gasteiger partial charge in [0.2, 0.25) is 0 Å². The monoisotopic (exact) mass is 311 g/mol. The molecule has 1 saturated heterocycles. The first kappa shape index (κ1) is 14.9. The molecule has 1 heterocycles. The highest BCUT2D eigenvalue weighted by Gasteiger charge is 2.56. The van der Waals surface area contributed by atoms with Crippen molar-refractivity contribution in [1.29, 1.82) is 0 Å². The Morgan fingerprint density at radius 1 is 1.48 bits per heavy atom. The summed E-state index contributed by atoms with van der Waals surface area (Å²) in [5, 5.41) is 10.8. The first-order valence-electron chi connectivity index (χ1n) is 8.75. The van der Waals surface area contributed by atoms with Crippen LogP contribution in [-0.2, 0) is 16.6 Å². The molecule has 2 bridgehead atoms. The highest BCUT2D eigenvalue weighted by Crippen LogP contribution is 2.57. The molecule has 2 unspecified atom stereocenters. The zero-order valence-electron chi connectivity index (χ0n) is 13.8. The van der Waals surface area contributed by atoms with E-state index in [0.29, 0.717) is 36.3 Å². The van der Waals surface area contributed by atoms with E-state index in [2.05, 4.69) is 17.5 Å². The summed E-state index contributed by atoms with van der Waals surface area (Å²) in [4.78, 5) is 14.8. The van der Waals surface area contributed by atoms with Gasteiger partial charge in [-0.05, 0) is 49.8 Å². The van der Waals surface area contributed by atoms with Crippen molar-refractivity contribution in [3.05, 3.63) is 41.5 Å². The van der Waals surface area contributed by atoms with Gasteiger partial charge in [-0.1, -0.05) is 18.2 Å². The molecule has 0 amide bonds. The van der Waals surface area contributed by atoms with Gasteiger partial charge in [0.15, 0.2) is 0 Å². The quantitative estimate of drug-likeness (QED) is 0.853. The maximum atomic E-state index is 12.3. The number of hydrogen-bond acceptors (Lipinski definition) is 3. The van der Waals surface area contributed by atoms with E-state index >= 15 is 0 Å². The standard InChI is InChI=1S/C20H25NO2/c1-3-9-21-10-8-20-12-15(22)6-7-16(20)17(21)11-14-5-4-13(2)19(23)18(14)20/h3-5,16-17,23H,1,6-12H2,2H3/t16?,17?,20-/m1/s1. The number of Topliss-reactive ketones (excluding diaryl/α,β-unsaturated/α-hetero) is 1. The number of fused-ring (bicyclic) bond motifs is 1. The minimum Gasteiger partial charge on any atom is -0.507 e. The lowest BCUT2D eigenvalue weighted by atomic mass is 9.52. The van der Waals surface area contributed by atoms with Crippen LogP contribution in [-0.4, -0.2) is 34.9 Å². The van der Waals surface area contributed by atoms with E-state index in [1.807, 2.05) is 19.1 Å². The number of carbonyl (C=O) groups excluding carboxylic acids is 1. The lowest BCUT2D eigenvalue weighted by molar-refractivity contribution is -0.127. The van der Waals surface area contributed by atoms with Crippen LogP contribution < -0.4 is 0 Å². The van der Waals surface area contributed by atoms with Crippen molar-refractivity contribution in [2.45, 2.75) is 50.5 Å². The van der Waals surface area contributed by atoms with Gasteiger partial charge in [-0.15, -0.1) is 6.58 Å². The van der Waals surface area contributed by atoms with E-state index in [4.69, 9.17) is 0 Å². The van der Waals surface area contributed by atoms with E-state index in [9.17, 15) is 9.90 Å². The van der Waals surface area contributed by atoms with E-state index in [0.717, 1.165) is 43.5 Å². The number of aryl methyl sites for hydroxylation is 1. The number of rotatable bonds is 2. The zero-order chi connectivity index (χ0) is 16.2. The summed E-state index contributed by atoms with van der Waals surface area (Å²) < 4.78 is 0. The van der Waals surface area contributed by atoms with Crippen LogP contribution in [0.15, 0.2) is 24.8 Å². The second-order valence-electron chi connectivity index (χ2n) is 7.59. The number of carbonyl (C=O) groups is 1. The number of piperidine rings is 1. The van der Waals surface area contributed by atoms with Gasteiger partial charge in [0.1, 0.15) is 11.5 Å². The summed E-state index contributed by atoms with van der Waals surface area (Å²) in [6.45, 7) is 7.78. The van der Waals surface area contributed by atoms with Crippen LogP contribution in [0.3, 0.4) is 0 Å². The van der Waals surface area contributed by atoms with Crippen LogP contribution in [0.25, 0.3) is 0 Å². The van der Waals surface area contributed by atoms with E-state index in [1.165, 1.54) is 5.56 Å². The first-order chi connectivity index (χ1) is 11.1. The molecule has 1 aromatic carbocycles. The average Bonchev–Trinajstić information content (AvgIpc) is 2.53. The van der Waals surface area contributed by atoms with Crippen LogP contribution in [0.4, 0.5) is 0 Å². The van der Waals surface area contributed by atoms with Crippen LogP contribution in [0.1, 0.15) is 42.4 Å². The topological polar surface area (TPSA) is 40.5 Å². The summed E-state index contributed by atoms with van der Waals surface area (Å²) in [6.07, 6.45) is 6.22. The number of nitrogens with zero attached hydrogens (tertiary/aromatic N) is 1. The molecule has 3 atom stereocenters. The molecule has 3 nitrogen and oxygen atoms in total. The van der Waals surface area contributed by atoms with Crippen molar-refractivity contribution in [2.75, 3.05) is 13.1 Å². The number of likely N-dealkylation sites (tertiary alicyclic amines) is 1. The van der Waals surface area contributed by atoms with Gasteiger partial charge in [-0.25, -0.2) is 0 Å². The highest BCUT2D eigenvalue weighted by atomic mass is 16.3. The Labute approximate surface area is 138 Å². The molecule has 2 fully saturated rings.